The summed E-state index contributed by atoms with van der Waals surface area (Å²) in [6, 6.07) is 14.8. The van der Waals surface area contributed by atoms with Crippen molar-refractivity contribution in [1.29, 1.82) is 0 Å². The van der Waals surface area contributed by atoms with Crippen molar-refractivity contribution in [3.8, 4) is 5.75 Å². The number of carbonyl (C=O) groups excluding carboxylic acids is 1. The Kier molecular flexibility index (Phi) is 6.85. The Bertz CT molecular complexity index is 1110. The van der Waals surface area contributed by atoms with Gasteiger partial charge in [0, 0.05) is 12.5 Å². The van der Waals surface area contributed by atoms with Crippen LogP contribution in [0.3, 0.4) is 0 Å². The topological polar surface area (TPSA) is 61.4 Å². The number of ether oxygens (including phenoxy) is 1. The molecule has 0 heterocycles. The van der Waals surface area contributed by atoms with Gasteiger partial charge in [-0.25, -0.2) is 8.78 Å². The van der Waals surface area contributed by atoms with Gasteiger partial charge in [-0.05, 0) is 41.0 Å². The minimum absolute atomic E-state index is 0.106. The van der Waals surface area contributed by atoms with Crippen LogP contribution in [0.25, 0.3) is 0 Å². The van der Waals surface area contributed by atoms with E-state index in [1.807, 2.05) is 0 Å². The number of carbonyl (C=O) groups is 1. The fourth-order valence-electron chi connectivity index (χ4n) is 3.44. The number of hydrogen-bond acceptors (Lipinski definition) is 3. The summed E-state index contributed by atoms with van der Waals surface area (Å²) in [4.78, 5) is 11.7. The first-order valence-electron chi connectivity index (χ1n) is 9.47. The van der Waals surface area contributed by atoms with Gasteiger partial charge in [0.2, 0.25) is 0 Å². The monoisotopic (exact) mass is 468 g/mol. The number of benzene rings is 3. The smallest absolute Gasteiger partial charge is 0.461 e. The molecule has 3 aromatic carbocycles. The second-order valence-electron chi connectivity index (χ2n) is 7.13. The Labute approximate surface area is 184 Å². The molecule has 0 saturated carbocycles. The summed E-state index contributed by atoms with van der Waals surface area (Å²) in [6.45, 7) is 0. The molecule has 10 heteroatoms. The van der Waals surface area contributed by atoms with Crippen LogP contribution in [0.2, 0.25) is 0 Å². The summed E-state index contributed by atoms with van der Waals surface area (Å²) in [7, 11) is 0. The first kappa shape index (κ1) is 24.0. The van der Waals surface area contributed by atoms with Crippen LogP contribution in [0.5, 0.6) is 5.75 Å². The molecule has 0 aliphatic heterocycles. The number of hydrogen-bond donors (Lipinski definition) is 1. The summed E-state index contributed by atoms with van der Waals surface area (Å²) in [5, 5.41) is 13.8. The van der Waals surface area contributed by atoms with Gasteiger partial charge >= 0.3 is 12.5 Å². The molecular formula is C23H16F6NO3-. The van der Waals surface area contributed by atoms with E-state index in [0.717, 1.165) is 24.3 Å². The fourth-order valence-corrected chi connectivity index (χ4v) is 3.44. The van der Waals surface area contributed by atoms with E-state index in [2.05, 4.69) is 10.1 Å². The molecular weight excluding hydrogens is 452 g/mol. The van der Waals surface area contributed by atoms with Crippen LogP contribution in [0.1, 0.15) is 16.7 Å². The van der Waals surface area contributed by atoms with Crippen LogP contribution in [-0.2, 0) is 12.0 Å². The van der Waals surface area contributed by atoms with Crippen LogP contribution in [0.4, 0.5) is 31.1 Å². The standard InChI is InChI=1S/C23H17F6NO3/c24-17-8-6-15(7-9-17)22(30-21(31)32,13-14-4-2-1-3-5-14)16-10-18(25)12-19(11-16)33-23(28,29)20(26)27/h1-12,20,30H,13H2,(H,31,32)/p-1. The minimum atomic E-state index is -4.93. The molecule has 0 saturated heterocycles. The molecule has 1 N–H and O–H groups in total. The average molecular weight is 468 g/mol. The lowest BCUT2D eigenvalue weighted by Gasteiger charge is -2.38. The Morgan fingerprint density at radius 2 is 1.55 bits per heavy atom. The highest BCUT2D eigenvalue weighted by Gasteiger charge is 2.44. The second kappa shape index (κ2) is 9.43. The van der Waals surface area contributed by atoms with E-state index >= 15 is 0 Å². The van der Waals surface area contributed by atoms with E-state index < -0.39 is 41.6 Å². The lowest BCUT2D eigenvalue weighted by molar-refractivity contribution is -0.254. The molecule has 0 aromatic heterocycles. The third-order valence-corrected chi connectivity index (χ3v) is 4.84. The van der Waals surface area contributed by atoms with Crippen LogP contribution in [0, 0.1) is 11.6 Å². The molecule has 0 bridgehead atoms. The van der Waals surface area contributed by atoms with E-state index in [0.29, 0.717) is 11.6 Å². The summed E-state index contributed by atoms with van der Waals surface area (Å²) >= 11 is 0. The second-order valence-corrected chi connectivity index (χ2v) is 7.13. The van der Waals surface area contributed by atoms with Gasteiger partial charge in [-0.3, -0.25) is 0 Å². The molecule has 0 aliphatic carbocycles. The van der Waals surface area contributed by atoms with Gasteiger partial charge in [0.15, 0.2) is 0 Å². The number of halogens is 6. The molecule has 33 heavy (non-hydrogen) atoms. The van der Waals surface area contributed by atoms with Gasteiger partial charge in [0.25, 0.3) is 0 Å². The van der Waals surface area contributed by atoms with Gasteiger partial charge in [-0.15, -0.1) is 0 Å². The van der Waals surface area contributed by atoms with E-state index in [1.165, 1.54) is 12.1 Å². The molecule has 3 aromatic rings. The molecule has 1 amide bonds. The highest BCUT2D eigenvalue weighted by molar-refractivity contribution is 5.66. The molecule has 0 radical (unpaired) electrons. The number of amides is 1. The number of nitrogens with one attached hydrogen (secondary N) is 1. The van der Waals surface area contributed by atoms with Crippen molar-refractivity contribution in [3.05, 3.63) is 101 Å². The lowest BCUT2D eigenvalue weighted by Crippen LogP contribution is -2.53. The van der Waals surface area contributed by atoms with Gasteiger partial charge in [-0.1, -0.05) is 42.5 Å². The Balaban J connectivity index is 2.23. The normalized spacial score (nSPS) is 13.4. The van der Waals surface area contributed by atoms with Crippen molar-refractivity contribution >= 4 is 6.09 Å². The van der Waals surface area contributed by atoms with Crippen molar-refractivity contribution in [2.75, 3.05) is 0 Å². The molecule has 3 rings (SSSR count). The van der Waals surface area contributed by atoms with Gasteiger partial charge in [0.1, 0.15) is 23.5 Å². The van der Waals surface area contributed by atoms with Crippen LogP contribution in [-0.4, -0.2) is 18.6 Å². The van der Waals surface area contributed by atoms with Crippen molar-refractivity contribution in [1.82, 2.24) is 5.32 Å². The first-order valence-corrected chi connectivity index (χ1v) is 9.47. The van der Waals surface area contributed by atoms with Crippen LogP contribution < -0.4 is 15.2 Å². The third-order valence-electron chi connectivity index (χ3n) is 4.84. The number of carboxylic acid groups (broad SMARTS) is 1. The molecule has 0 spiro atoms. The van der Waals surface area contributed by atoms with Crippen LogP contribution >= 0.6 is 0 Å². The summed E-state index contributed by atoms with van der Waals surface area (Å²) < 4.78 is 84.1. The van der Waals surface area contributed by atoms with E-state index in [4.69, 9.17) is 0 Å². The Morgan fingerprint density at radius 1 is 0.909 bits per heavy atom. The SMILES string of the molecule is O=C([O-])NC(Cc1ccccc1)(c1ccc(F)cc1)c1cc(F)cc(OC(F)(F)C(F)F)c1. The molecule has 1 unspecified atom stereocenters. The van der Waals surface area contributed by atoms with E-state index in [-0.39, 0.29) is 17.5 Å². The molecule has 4 nitrogen and oxygen atoms in total. The summed E-state index contributed by atoms with van der Waals surface area (Å²) in [5.41, 5.74) is -1.51. The number of alkyl halides is 4. The number of rotatable bonds is 8. The average Bonchev–Trinajstić information content (AvgIpc) is 2.73. The highest BCUT2D eigenvalue weighted by atomic mass is 19.3. The predicted octanol–water partition coefficient (Wildman–Crippen LogP) is 4.62. The molecule has 1 atom stereocenters. The van der Waals surface area contributed by atoms with Crippen LogP contribution in [0.15, 0.2) is 72.8 Å². The minimum Gasteiger partial charge on any atom is -0.530 e. The molecule has 174 valence electrons. The van der Waals surface area contributed by atoms with Gasteiger partial charge in [-0.2, -0.15) is 17.6 Å². The summed E-state index contributed by atoms with van der Waals surface area (Å²) in [6.07, 6.45) is -11.1. The van der Waals surface area contributed by atoms with E-state index in [9.17, 15) is 36.2 Å². The van der Waals surface area contributed by atoms with Crippen molar-refractivity contribution in [3.63, 3.8) is 0 Å². The van der Waals surface area contributed by atoms with E-state index in [1.54, 1.807) is 30.3 Å². The van der Waals surface area contributed by atoms with Crippen molar-refractivity contribution in [2.45, 2.75) is 24.5 Å². The predicted molar refractivity (Wildman–Crippen MR) is 104 cm³/mol. The quantitative estimate of drug-likeness (QED) is 0.491. The maximum absolute atomic E-state index is 14.4. The van der Waals surface area contributed by atoms with Crippen molar-refractivity contribution < 1.29 is 41.0 Å². The third kappa shape index (κ3) is 5.57. The zero-order valence-corrected chi connectivity index (χ0v) is 16.7. The maximum Gasteiger partial charge on any atom is 0.461 e. The zero-order valence-electron chi connectivity index (χ0n) is 16.7. The molecule has 0 aliphatic rings. The zero-order chi connectivity index (χ0) is 24.2. The fraction of sp³-hybridized carbons (Fsp3) is 0.174. The Hall–Kier alpha value is -3.69. The molecule has 0 fully saturated rings. The Morgan fingerprint density at radius 3 is 2.12 bits per heavy atom. The van der Waals surface area contributed by atoms with Crippen molar-refractivity contribution in [2.24, 2.45) is 0 Å². The lowest BCUT2D eigenvalue weighted by atomic mass is 9.78. The summed E-state index contributed by atoms with van der Waals surface area (Å²) in [5.74, 6) is -2.78. The highest BCUT2D eigenvalue weighted by Crippen LogP contribution is 2.37. The van der Waals surface area contributed by atoms with Gasteiger partial charge < -0.3 is 20.0 Å². The van der Waals surface area contributed by atoms with Gasteiger partial charge in [0.05, 0.1) is 5.54 Å². The maximum atomic E-state index is 14.4. The largest absolute Gasteiger partial charge is 0.530 e. The first-order chi connectivity index (χ1) is 15.5.